The zero-order valence-electron chi connectivity index (χ0n) is 14.3. The topological polar surface area (TPSA) is 66.9 Å². The van der Waals surface area contributed by atoms with Crippen LogP contribution in [0.5, 0.6) is 0 Å². The number of aromatic nitrogens is 2. The molecule has 0 aliphatic rings. The SMILES string of the molecule is O=C(NCc1ccc(Cl)c(Cl)c1)c1nccnc1NCc1ccc(Cl)c(Cl)c1. The van der Waals surface area contributed by atoms with Crippen molar-refractivity contribution in [3.63, 3.8) is 0 Å². The summed E-state index contributed by atoms with van der Waals surface area (Å²) in [5, 5.41) is 7.72. The second-order valence-electron chi connectivity index (χ2n) is 5.79. The maximum Gasteiger partial charge on any atom is 0.273 e. The zero-order chi connectivity index (χ0) is 20.1. The number of anilines is 1. The Bertz CT molecular complexity index is 1010. The molecule has 0 aliphatic heterocycles. The maximum absolute atomic E-state index is 12.5. The average molecular weight is 456 g/mol. The Balaban J connectivity index is 1.67. The molecule has 1 heterocycles. The van der Waals surface area contributed by atoms with Gasteiger partial charge in [0.1, 0.15) is 0 Å². The summed E-state index contributed by atoms with van der Waals surface area (Å²) in [6.07, 6.45) is 2.96. The highest BCUT2D eigenvalue weighted by Crippen LogP contribution is 2.24. The predicted octanol–water partition coefficient (Wildman–Crippen LogP) is 5.63. The summed E-state index contributed by atoms with van der Waals surface area (Å²) in [4.78, 5) is 20.9. The van der Waals surface area contributed by atoms with Crippen LogP contribution in [0, 0.1) is 0 Å². The monoisotopic (exact) mass is 454 g/mol. The molecule has 0 radical (unpaired) electrons. The zero-order valence-corrected chi connectivity index (χ0v) is 17.4. The van der Waals surface area contributed by atoms with E-state index in [1.54, 1.807) is 30.3 Å². The first-order valence-corrected chi connectivity index (χ1v) is 9.66. The molecule has 0 fully saturated rings. The van der Waals surface area contributed by atoms with Crippen LogP contribution in [0.25, 0.3) is 0 Å². The van der Waals surface area contributed by atoms with Crippen molar-refractivity contribution in [1.29, 1.82) is 0 Å². The number of carbonyl (C=O) groups excluding carboxylic acids is 1. The molecule has 3 aromatic rings. The van der Waals surface area contributed by atoms with Crippen molar-refractivity contribution >= 4 is 58.1 Å². The molecule has 0 bridgehead atoms. The normalized spacial score (nSPS) is 10.6. The molecule has 144 valence electrons. The summed E-state index contributed by atoms with van der Waals surface area (Å²) in [7, 11) is 0. The van der Waals surface area contributed by atoms with Gasteiger partial charge in [0.2, 0.25) is 0 Å². The van der Waals surface area contributed by atoms with Crippen molar-refractivity contribution in [3.05, 3.63) is 85.7 Å². The third-order valence-corrected chi connectivity index (χ3v) is 5.27. The van der Waals surface area contributed by atoms with Gasteiger partial charge in [-0.3, -0.25) is 4.79 Å². The molecule has 28 heavy (non-hydrogen) atoms. The highest BCUT2D eigenvalue weighted by atomic mass is 35.5. The van der Waals surface area contributed by atoms with Gasteiger partial charge < -0.3 is 10.6 Å². The van der Waals surface area contributed by atoms with E-state index in [-0.39, 0.29) is 18.1 Å². The van der Waals surface area contributed by atoms with Crippen LogP contribution in [0.2, 0.25) is 20.1 Å². The van der Waals surface area contributed by atoms with Crippen LogP contribution in [-0.4, -0.2) is 15.9 Å². The van der Waals surface area contributed by atoms with E-state index in [1.807, 2.05) is 6.07 Å². The van der Waals surface area contributed by atoms with Gasteiger partial charge in [0.25, 0.3) is 5.91 Å². The lowest BCUT2D eigenvalue weighted by molar-refractivity contribution is 0.0946. The molecular weight excluding hydrogens is 442 g/mol. The molecule has 1 aromatic heterocycles. The largest absolute Gasteiger partial charge is 0.364 e. The van der Waals surface area contributed by atoms with E-state index < -0.39 is 0 Å². The molecule has 3 rings (SSSR count). The molecule has 1 amide bonds. The molecule has 5 nitrogen and oxygen atoms in total. The van der Waals surface area contributed by atoms with Crippen LogP contribution in [0.4, 0.5) is 5.82 Å². The number of rotatable bonds is 6. The van der Waals surface area contributed by atoms with Crippen molar-refractivity contribution in [2.24, 2.45) is 0 Å². The van der Waals surface area contributed by atoms with E-state index in [0.29, 0.717) is 32.5 Å². The minimum absolute atomic E-state index is 0.183. The van der Waals surface area contributed by atoms with Gasteiger partial charge in [0, 0.05) is 25.5 Å². The van der Waals surface area contributed by atoms with Gasteiger partial charge in [-0.15, -0.1) is 0 Å². The van der Waals surface area contributed by atoms with Gasteiger partial charge in [0.15, 0.2) is 11.5 Å². The first-order chi connectivity index (χ1) is 13.4. The number of hydrogen-bond acceptors (Lipinski definition) is 4. The first kappa shape index (κ1) is 20.7. The van der Waals surface area contributed by atoms with Gasteiger partial charge in [-0.25, -0.2) is 9.97 Å². The van der Waals surface area contributed by atoms with Gasteiger partial charge in [0.05, 0.1) is 20.1 Å². The first-order valence-electron chi connectivity index (χ1n) is 8.15. The van der Waals surface area contributed by atoms with Gasteiger partial charge >= 0.3 is 0 Å². The van der Waals surface area contributed by atoms with Gasteiger partial charge in [-0.2, -0.15) is 0 Å². The molecule has 0 aliphatic carbocycles. The number of carbonyl (C=O) groups is 1. The Morgan fingerprint density at radius 1 is 0.786 bits per heavy atom. The third kappa shape index (κ3) is 5.26. The minimum atomic E-state index is -0.365. The number of amides is 1. The minimum Gasteiger partial charge on any atom is -0.364 e. The Hall–Kier alpha value is -2.05. The smallest absolute Gasteiger partial charge is 0.273 e. The molecule has 0 unspecified atom stereocenters. The van der Waals surface area contributed by atoms with E-state index in [1.165, 1.54) is 12.4 Å². The number of nitrogens with one attached hydrogen (secondary N) is 2. The lowest BCUT2D eigenvalue weighted by Crippen LogP contribution is -2.25. The number of nitrogens with zero attached hydrogens (tertiary/aromatic N) is 2. The Kier molecular flexibility index (Phi) is 6.97. The summed E-state index contributed by atoms with van der Waals surface area (Å²) < 4.78 is 0. The van der Waals surface area contributed by atoms with E-state index in [2.05, 4.69) is 20.6 Å². The Labute approximate surface area is 182 Å². The lowest BCUT2D eigenvalue weighted by atomic mass is 10.2. The number of benzene rings is 2. The fourth-order valence-corrected chi connectivity index (χ4v) is 3.03. The average Bonchev–Trinajstić information content (AvgIpc) is 2.70. The predicted molar refractivity (Wildman–Crippen MR) is 113 cm³/mol. The summed E-state index contributed by atoms with van der Waals surface area (Å²) >= 11 is 23.9. The second-order valence-corrected chi connectivity index (χ2v) is 7.42. The molecule has 0 saturated heterocycles. The fraction of sp³-hybridized carbons (Fsp3) is 0.105. The molecule has 0 saturated carbocycles. The molecule has 9 heteroatoms. The van der Waals surface area contributed by atoms with Crippen LogP contribution < -0.4 is 10.6 Å². The van der Waals surface area contributed by atoms with E-state index in [4.69, 9.17) is 46.4 Å². The number of halogens is 4. The summed E-state index contributed by atoms with van der Waals surface area (Å²) in [6, 6.07) is 10.5. The van der Waals surface area contributed by atoms with Crippen LogP contribution in [0.3, 0.4) is 0 Å². The maximum atomic E-state index is 12.5. The van der Waals surface area contributed by atoms with E-state index >= 15 is 0 Å². The van der Waals surface area contributed by atoms with Crippen LogP contribution in [0.1, 0.15) is 21.6 Å². The van der Waals surface area contributed by atoms with Crippen molar-refractivity contribution in [3.8, 4) is 0 Å². The highest BCUT2D eigenvalue weighted by molar-refractivity contribution is 6.42. The number of hydrogen-bond donors (Lipinski definition) is 2. The van der Waals surface area contributed by atoms with Gasteiger partial charge in [-0.05, 0) is 35.4 Å². The molecular formula is C19H14Cl4N4O. The second kappa shape index (κ2) is 9.43. The quantitative estimate of drug-likeness (QED) is 0.505. The van der Waals surface area contributed by atoms with Crippen LogP contribution in [-0.2, 0) is 13.1 Å². The lowest BCUT2D eigenvalue weighted by Gasteiger charge is -2.11. The standard InChI is InChI=1S/C19H14Cl4N4O/c20-13-3-1-11(7-15(13)22)9-26-18-17(24-5-6-25-18)19(28)27-10-12-2-4-14(21)16(23)8-12/h1-8H,9-10H2,(H,25,26)(H,27,28). The Morgan fingerprint density at radius 3 is 1.96 bits per heavy atom. The summed E-state index contributed by atoms with van der Waals surface area (Å²) in [6.45, 7) is 0.682. The van der Waals surface area contributed by atoms with Crippen LogP contribution >= 0.6 is 46.4 Å². The Morgan fingerprint density at radius 2 is 1.36 bits per heavy atom. The molecule has 2 aromatic carbocycles. The molecule has 0 spiro atoms. The highest BCUT2D eigenvalue weighted by Gasteiger charge is 2.14. The van der Waals surface area contributed by atoms with Gasteiger partial charge in [-0.1, -0.05) is 58.5 Å². The summed E-state index contributed by atoms with van der Waals surface area (Å²) in [5.74, 6) is -0.00368. The molecule has 0 atom stereocenters. The van der Waals surface area contributed by atoms with Crippen molar-refractivity contribution in [1.82, 2.24) is 15.3 Å². The van der Waals surface area contributed by atoms with Crippen molar-refractivity contribution in [2.75, 3.05) is 5.32 Å². The van der Waals surface area contributed by atoms with E-state index in [0.717, 1.165) is 11.1 Å². The van der Waals surface area contributed by atoms with E-state index in [9.17, 15) is 4.79 Å². The fourth-order valence-electron chi connectivity index (χ4n) is 2.38. The van der Waals surface area contributed by atoms with Crippen molar-refractivity contribution in [2.45, 2.75) is 13.1 Å². The van der Waals surface area contributed by atoms with Crippen LogP contribution in [0.15, 0.2) is 48.8 Å². The third-order valence-electron chi connectivity index (χ3n) is 3.79. The van der Waals surface area contributed by atoms with Crippen molar-refractivity contribution < 1.29 is 4.79 Å². The summed E-state index contributed by atoms with van der Waals surface area (Å²) in [5.41, 5.74) is 1.89. The molecule has 2 N–H and O–H groups in total.